The number of aromatic nitrogens is 1. The number of carbonyl (C=O) groups excluding carboxylic acids is 2. The maximum absolute atomic E-state index is 12.9. The Kier molecular flexibility index (Phi) is 10.2. The fraction of sp³-hybridized carbons (Fsp3) is 0.464. The van der Waals surface area contributed by atoms with E-state index in [9.17, 15) is 18.0 Å². The van der Waals surface area contributed by atoms with Gasteiger partial charge in [-0.3, -0.25) is 9.59 Å². The number of ether oxygens (including phenoxy) is 1. The largest absolute Gasteiger partial charge is 0.465 e. The number of amides is 1. The van der Waals surface area contributed by atoms with Crippen LogP contribution in [-0.2, 0) is 25.3 Å². The Hall–Kier alpha value is -2.51. The van der Waals surface area contributed by atoms with E-state index in [1.807, 2.05) is 67.6 Å². The first-order valence-corrected chi connectivity index (χ1v) is 15.5. The Bertz CT molecular complexity index is 1450. The van der Waals surface area contributed by atoms with Crippen LogP contribution in [0.5, 0.6) is 0 Å². The lowest BCUT2D eigenvalue weighted by atomic mass is 9.88. The molecule has 39 heavy (non-hydrogen) atoms. The minimum Gasteiger partial charge on any atom is -0.465 e. The van der Waals surface area contributed by atoms with Gasteiger partial charge >= 0.3 is 5.97 Å². The van der Waals surface area contributed by atoms with E-state index in [1.54, 1.807) is 27.0 Å². The molecule has 0 saturated carbocycles. The van der Waals surface area contributed by atoms with Crippen LogP contribution in [0.1, 0.15) is 62.2 Å². The topological polar surface area (TPSA) is 128 Å². The highest BCUT2D eigenvalue weighted by Crippen LogP contribution is 2.34. The number of pyridine rings is 1. The molecular formula is C28H36IN3O6S. The molecule has 3 aromatic rings. The molecule has 3 rings (SSSR count). The number of nitrogens with one attached hydrogen (secondary N) is 2. The molecule has 0 radical (unpaired) electrons. The van der Waals surface area contributed by atoms with Gasteiger partial charge in [0.05, 0.1) is 28.7 Å². The van der Waals surface area contributed by atoms with E-state index < -0.39 is 15.4 Å². The number of hydrogen-bond donors (Lipinski definition) is 2. The number of furan rings is 1. The van der Waals surface area contributed by atoms with Crippen LogP contribution in [0.4, 0.5) is 0 Å². The molecule has 2 heterocycles. The highest BCUT2D eigenvalue weighted by atomic mass is 127. The number of halogens is 1. The zero-order chi connectivity index (χ0) is 29.0. The first kappa shape index (κ1) is 31.0. The highest BCUT2D eigenvalue weighted by Gasteiger charge is 2.29. The maximum Gasteiger partial charge on any atom is 0.311 e. The van der Waals surface area contributed by atoms with Gasteiger partial charge in [-0.25, -0.2) is 18.1 Å². The Morgan fingerprint density at radius 3 is 2.46 bits per heavy atom. The number of rotatable bonds is 12. The van der Waals surface area contributed by atoms with Crippen LogP contribution >= 0.6 is 22.6 Å². The third kappa shape index (κ3) is 8.01. The summed E-state index contributed by atoms with van der Waals surface area (Å²) in [5.74, 6) is -0.333. The van der Waals surface area contributed by atoms with Gasteiger partial charge < -0.3 is 14.5 Å². The lowest BCUT2D eigenvalue weighted by molar-refractivity contribution is -0.155. The summed E-state index contributed by atoms with van der Waals surface area (Å²) >= 11 is 2.02. The van der Waals surface area contributed by atoms with Crippen LogP contribution < -0.4 is 10.0 Å². The zero-order valence-electron chi connectivity index (χ0n) is 23.2. The molecule has 1 amide bonds. The molecule has 0 bridgehead atoms. The monoisotopic (exact) mass is 669 g/mol. The molecule has 1 aromatic carbocycles. The van der Waals surface area contributed by atoms with Crippen LogP contribution in [0.25, 0.3) is 22.4 Å². The smallest absolute Gasteiger partial charge is 0.311 e. The van der Waals surface area contributed by atoms with Gasteiger partial charge in [-0.05, 0) is 68.2 Å². The molecule has 11 heteroatoms. The second-order valence-corrected chi connectivity index (χ2v) is 13.6. The van der Waals surface area contributed by atoms with Crippen molar-refractivity contribution in [2.24, 2.45) is 11.3 Å². The zero-order valence-corrected chi connectivity index (χ0v) is 26.2. The van der Waals surface area contributed by atoms with E-state index in [4.69, 9.17) is 9.15 Å². The number of hydrogen-bond acceptors (Lipinski definition) is 7. The molecule has 0 unspecified atom stereocenters. The number of carbonyl (C=O) groups is 2. The van der Waals surface area contributed by atoms with Crippen molar-refractivity contribution in [1.82, 2.24) is 15.0 Å². The van der Waals surface area contributed by atoms with Gasteiger partial charge in [0.2, 0.25) is 15.7 Å². The molecule has 0 aliphatic rings. The summed E-state index contributed by atoms with van der Waals surface area (Å²) in [7, 11) is -2.18. The van der Waals surface area contributed by atoms with Gasteiger partial charge in [-0.1, -0.05) is 43.7 Å². The van der Waals surface area contributed by atoms with E-state index in [1.165, 1.54) is 0 Å². The number of benzene rings is 1. The molecule has 0 atom stereocenters. The minimum absolute atomic E-state index is 0.182. The van der Waals surface area contributed by atoms with Crippen LogP contribution in [0, 0.1) is 21.8 Å². The summed E-state index contributed by atoms with van der Waals surface area (Å²) in [6, 6.07) is 9.31. The number of esters is 1. The van der Waals surface area contributed by atoms with E-state index >= 15 is 0 Å². The molecular weight excluding hydrogens is 633 g/mol. The van der Waals surface area contributed by atoms with Gasteiger partial charge in [0.1, 0.15) is 11.5 Å². The van der Waals surface area contributed by atoms with Gasteiger partial charge in [0, 0.05) is 22.7 Å². The van der Waals surface area contributed by atoms with Gasteiger partial charge in [-0.15, -0.1) is 0 Å². The predicted octanol–water partition coefficient (Wildman–Crippen LogP) is 5.19. The molecule has 2 N–H and O–H groups in total. The van der Waals surface area contributed by atoms with Crippen molar-refractivity contribution in [1.29, 1.82) is 0 Å². The van der Waals surface area contributed by atoms with Crippen LogP contribution in [0.15, 0.2) is 34.7 Å². The Labute approximate surface area is 243 Å². The maximum atomic E-state index is 12.9. The van der Waals surface area contributed by atoms with E-state index in [0.717, 1.165) is 11.1 Å². The van der Waals surface area contributed by atoms with E-state index in [-0.39, 0.29) is 35.8 Å². The normalized spacial score (nSPS) is 12.2. The molecule has 212 valence electrons. The predicted molar refractivity (Wildman–Crippen MR) is 160 cm³/mol. The molecule has 0 saturated heterocycles. The number of fused-ring (bicyclic) bond motifs is 1. The third-order valence-electron chi connectivity index (χ3n) is 6.20. The van der Waals surface area contributed by atoms with Crippen molar-refractivity contribution in [2.75, 3.05) is 20.2 Å². The summed E-state index contributed by atoms with van der Waals surface area (Å²) in [6.45, 7) is 10.0. The first-order chi connectivity index (χ1) is 18.2. The van der Waals surface area contributed by atoms with Crippen molar-refractivity contribution in [3.63, 3.8) is 0 Å². The van der Waals surface area contributed by atoms with Crippen LogP contribution in [-0.4, -0.2) is 45.5 Å². The van der Waals surface area contributed by atoms with Crippen LogP contribution in [0.2, 0.25) is 0 Å². The molecule has 0 fully saturated rings. The van der Waals surface area contributed by atoms with Crippen molar-refractivity contribution >= 4 is 55.6 Å². The van der Waals surface area contributed by atoms with Crippen molar-refractivity contribution in [3.05, 3.63) is 50.7 Å². The fourth-order valence-electron chi connectivity index (χ4n) is 3.92. The van der Waals surface area contributed by atoms with Gasteiger partial charge in [-0.2, -0.15) is 0 Å². The average molecular weight is 670 g/mol. The molecule has 2 aromatic heterocycles. The lowest BCUT2D eigenvalue weighted by Gasteiger charge is -2.23. The first-order valence-electron chi connectivity index (χ1n) is 12.8. The number of aryl methyl sites for hydroxylation is 1. The number of sulfonamides is 1. The molecule has 9 nitrogen and oxygen atoms in total. The fourth-order valence-corrected chi connectivity index (χ4v) is 5.94. The van der Waals surface area contributed by atoms with E-state index in [2.05, 4.69) is 15.0 Å². The Morgan fingerprint density at radius 1 is 1.18 bits per heavy atom. The van der Waals surface area contributed by atoms with Crippen molar-refractivity contribution < 1.29 is 27.2 Å². The summed E-state index contributed by atoms with van der Waals surface area (Å²) < 4.78 is 40.3. The second-order valence-electron chi connectivity index (χ2n) is 10.7. The second kappa shape index (κ2) is 12.8. The van der Waals surface area contributed by atoms with Gasteiger partial charge in [0.25, 0.3) is 5.91 Å². The highest BCUT2D eigenvalue weighted by molar-refractivity contribution is 14.1. The summed E-state index contributed by atoms with van der Waals surface area (Å²) in [4.78, 5) is 29.6. The molecule has 0 aliphatic heterocycles. The third-order valence-corrected chi connectivity index (χ3v) is 8.44. The van der Waals surface area contributed by atoms with Gasteiger partial charge in [0.15, 0.2) is 0 Å². The molecule has 0 spiro atoms. The Balaban J connectivity index is 1.75. The minimum atomic E-state index is -3.72. The average Bonchev–Trinajstić information content (AvgIpc) is 3.23. The van der Waals surface area contributed by atoms with Crippen molar-refractivity contribution in [3.8, 4) is 11.3 Å². The summed E-state index contributed by atoms with van der Waals surface area (Å²) in [6.07, 6.45) is 0.949. The number of nitrogens with zero attached hydrogens (tertiary/aromatic N) is 1. The Morgan fingerprint density at radius 2 is 1.85 bits per heavy atom. The molecule has 0 aliphatic carbocycles. The SMILES string of the molecule is CNC(=O)c1c(-c2ccc(C)cc2)oc2nc(CS(=O)(=O)NCCCC(C)(C)C(=O)OCC(C)C)c(I)cc12. The summed E-state index contributed by atoms with van der Waals surface area (Å²) in [5.41, 5.74) is 1.94. The lowest BCUT2D eigenvalue weighted by Crippen LogP contribution is -2.31. The van der Waals surface area contributed by atoms with E-state index in [0.29, 0.717) is 45.4 Å². The standard InChI is InChI=1S/C28H36IN3O6S/c1-17(2)15-37-27(34)28(4,5)12-7-13-31-39(35,36)16-22-21(29)14-20-23(25(33)30-6)24(38-26(20)32-22)19-10-8-18(3)9-11-19/h8-11,14,17,31H,7,12-13,15-16H2,1-6H3,(H,30,33). The summed E-state index contributed by atoms with van der Waals surface area (Å²) in [5, 5.41) is 3.16. The van der Waals surface area contributed by atoms with Crippen LogP contribution in [0.3, 0.4) is 0 Å². The quantitative estimate of drug-likeness (QED) is 0.154. The van der Waals surface area contributed by atoms with Crippen molar-refractivity contribution in [2.45, 2.75) is 53.2 Å².